The molecule has 1 aromatic carbocycles. The van der Waals surface area contributed by atoms with Gasteiger partial charge in [-0.25, -0.2) is 4.79 Å². The van der Waals surface area contributed by atoms with Crippen molar-refractivity contribution in [3.05, 3.63) is 42.0 Å². The summed E-state index contributed by atoms with van der Waals surface area (Å²) in [5.41, 5.74) is 3.97. The summed E-state index contributed by atoms with van der Waals surface area (Å²) in [7, 11) is 1.52. The largest absolute Gasteiger partial charge is 0.504 e. The van der Waals surface area contributed by atoms with Gasteiger partial charge in [-0.1, -0.05) is 66.7 Å². The summed E-state index contributed by atoms with van der Waals surface area (Å²) in [5, 5.41) is 9.89. The van der Waals surface area contributed by atoms with E-state index in [1.165, 1.54) is 83.0 Å². The molecule has 5 fully saturated rings. The van der Waals surface area contributed by atoms with E-state index in [9.17, 15) is 9.90 Å². The van der Waals surface area contributed by atoms with Crippen LogP contribution in [0.15, 0.2) is 36.4 Å². The molecule has 5 aliphatic rings. The van der Waals surface area contributed by atoms with E-state index in [1.54, 1.807) is 24.3 Å². The number of phenolic OH excluding ortho intramolecular Hbond substituents is 1. The van der Waals surface area contributed by atoms with Gasteiger partial charge in [-0.05, 0) is 146 Å². The number of hydrogen-bond donors (Lipinski definition) is 1. The van der Waals surface area contributed by atoms with Crippen molar-refractivity contribution in [2.75, 3.05) is 7.11 Å². The summed E-state index contributed by atoms with van der Waals surface area (Å²) >= 11 is 0. The first-order valence-electron chi connectivity index (χ1n) is 18.1. The number of esters is 1. The molecule has 1 aromatic rings. The maximum absolute atomic E-state index is 13.1. The second kappa shape index (κ2) is 11.2. The third kappa shape index (κ3) is 4.85. The molecule has 0 aromatic heterocycles. The molecule has 9 atom stereocenters. The zero-order chi connectivity index (χ0) is 32.6. The van der Waals surface area contributed by atoms with E-state index < -0.39 is 0 Å². The summed E-state index contributed by atoms with van der Waals surface area (Å²) in [6.45, 7) is 21.7. The number of methoxy groups -OCH3 is 1. The van der Waals surface area contributed by atoms with Crippen LogP contribution < -0.4 is 4.74 Å². The van der Waals surface area contributed by atoms with Crippen molar-refractivity contribution in [3.8, 4) is 11.5 Å². The molecule has 0 bridgehead atoms. The number of carbonyl (C=O) groups excluding carboxylic acids is 1. The fourth-order valence-electron chi connectivity index (χ4n) is 12.7. The van der Waals surface area contributed by atoms with Gasteiger partial charge in [0.05, 0.1) is 7.11 Å². The molecule has 4 heteroatoms. The minimum absolute atomic E-state index is 0.0410. The Kier molecular flexibility index (Phi) is 8.13. The van der Waals surface area contributed by atoms with Crippen LogP contribution in [0.5, 0.6) is 11.5 Å². The van der Waals surface area contributed by atoms with E-state index in [0.717, 1.165) is 29.7 Å². The molecule has 1 N–H and O–H groups in total. The zero-order valence-corrected chi connectivity index (χ0v) is 29.5. The van der Waals surface area contributed by atoms with Gasteiger partial charge in [0, 0.05) is 11.5 Å². The highest BCUT2D eigenvalue weighted by atomic mass is 16.5. The van der Waals surface area contributed by atoms with E-state index in [1.807, 2.05) is 0 Å². The highest BCUT2D eigenvalue weighted by Gasteiger charge is 2.83. The standard InChI is InChI=1S/C41H60O4/c1-26(2)27(3)10-11-28(4)30-14-16-34-38(30,7)22-23-41-25-40(41)21-19-35(37(5,6)33(40)18-20-39(34,41)8)45-36(43)17-13-29-12-15-31(42)32(24-29)44-9/h12-13,15,17,24,26,28,30,33-35,42H,3,10-11,14,16,18-23,25H2,1-2,4-9H3/b17-13+/t28-,30-,33+,34-,35+,38-,39+,40-,41-/m1/s1. The van der Waals surface area contributed by atoms with E-state index >= 15 is 0 Å². The molecule has 0 aliphatic heterocycles. The maximum atomic E-state index is 13.1. The monoisotopic (exact) mass is 616 g/mol. The molecule has 0 amide bonds. The van der Waals surface area contributed by atoms with Crippen molar-refractivity contribution in [1.82, 2.24) is 0 Å². The normalized spacial score (nSPS) is 40.2. The molecule has 0 saturated heterocycles. The van der Waals surface area contributed by atoms with Crippen LogP contribution in [0.4, 0.5) is 0 Å². The molecule has 4 nitrogen and oxygen atoms in total. The molecule has 0 unspecified atom stereocenters. The molecule has 5 saturated carbocycles. The molecule has 248 valence electrons. The average Bonchev–Trinajstić information content (AvgIpc) is 3.53. The van der Waals surface area contributed by atoms with E-state index in [4.69, 9.17) is 9.47 Å². The lowest BCUT2D eigenvalue weighted by Gasteiger charge is -2.64. The van der Waals surface area contributed by atoms with Gasteiger partial charge in [-0.2, -0.15) is 0 Å². The Morgan fingerprint density at radius 3 is 2.49 bits per heavy atom. The van der Waals surface area contributed by atoms with E-state index in [-0.39, 0.29) is 23.2 Å². The number of carbonyl (C=O) groups is 1. The highest BCUT2D eigenvalue weighted by Crippen LogP contribution is 2.90. The highest BCUT2D eigenvalue weighted by molar-refractivity contribution is 5.87. The lowest BCUT2D eigenvalue weighted by Crippen LogP contribution is -2.58. The lowest BCUT2D eigenvalue weighted by atomic mass is 9.41. The lowest BCUT2D eigenvalue weighted by molar-refractivity contribution is -0.185. The van der Waals surface area contributed by atoms with E-state index in [2.05, 4.69) is 55.0 Å². The number of aromatic hydroxyl groups is 1. The quantitative estimate of drug-likeness (QED) is 0.170. The van der Waals surface area contributed by atoms with Crippen molar-refractivity contribution < 1.29 is 19.4 Å². The van der Waals surface area contributed by atoms with Gasteiger partial charge < -0.3 is 14.6 Å². The summed E-state index contributed by atoms with van der Waals surface area (Å²) in [5.74, 6) is 3.85. The van der Waals surface area contributed by atoms with Gasteiger partial charge in [-0.3, -0.25) is 0 Å². The fourth-order valence-corrected chi connectivity index (χ4v) is 12.7. The molecule has 0 radical (unpaired) electrons. The van der Waals surface area contributed by atoms with Crippen LogP contribution >= 0.6 is 0 Å². The van der Waals surface area contributed by atoms with Gasteiger partial charge in [0.15, 0.2) is 11.5 Å². The molecule has 6 rings (SSSR count). The molecule has 0 heterocycles. The minimum Gasteiger partial charge on any atom is -0.504 e. The third-order valence-corrected chi connectivity index (χ3v) is 15.3. The van der Waals surface area contributed by atoms with Crippen LogP contribution in [0.2, 0.25) is 0 Å². The topological polar surface area (TPSA) is 55.8 Å². The van der Waals surface area contributed by atoms with Gasteiger partial charge in [-0.15, -0.1) is 0 Å². The van der Waals surface area contributed by atoms with Gasteiger partial charge in [0.1, 0.15) is 6.10 Å². The predicted octanol–water partition coefficient (Wildman–Crippen LogP) is 10.4. The van der Waals surface area contributed by atoms with Crippen LogP contribution in [0.1, 0.15) is 125 Å². The first kappa shape index (κ1) is 32.7. The number of benzene rings is 1. The SMILES string of the molecule is C=C(CC[C@@H](C)[C@H]1CC[C@@H]2[C@]1(C)CC[C@]13C[C@@]14CC[C@H](OC(=O)/C=C/c1ccc(O)c(OC)c1)C(C)(C)[C@@H]4CC[C@@]23C)C(C)C. The Morgan fingerprint density at radius 1 is 1.02 bits per heavy atom. The minimum atomic E-state index is -0.279. The number of allylic oxidation sites excluding steroid dienone is 1. The Morgan fingerprint density at radius 2 is 1.78 bits per heavy atom. The van der Waals surface area contributed by atoms with Crippen LogP contribution in [-0.2, 0) is 9.53 Å². The summed E-state index contributed by atoms with van der Waals surface area (Å²) in [6, 6.07) is 5.08. The van der Waals surface area contributed by atoms with Crippen LogP contribution in [-0.4, -0.2) is 24.3 Å². The van der Waals surface area contributed by atoms with Crippen molar-refractivity contribution in [3.63, 3.8) is 0 Å². The Hall–Kier alpha value is -2.23. The number of hydrogen-bond acceptors (Lipinski definition) is 4. The average molecular weight is 617 g/mol. The Labute approximate surface area is 273 Å². The molecular formula is C41H60O4. The first-order valence-corrected chi connectivity index (χ1v) is 18.1. The summed E-state index contributed by atoms with van der Waals surface area (Å²) in [6.07, 6.45) is 17.5. The third-order valence-electron chi connectivity index (χ3n) is 15.3. The van der Waals surface area contributed by atoms with Crippen molar-refractivity contribution in [2.24, 2.45) is 56.7 Å². The van der Waals surface area contributed by atoms with Crippen LogP contribution in [0, 0.1) is 56.7 Å². The zero-order valence-electron chi connectivity index (χ0n) is 29.5. The number of rotatable bonds is 9. The second-order valence-electron chi connectivity index (χ2n) is 17.5. The predicted molar refractivity (Wildman–Crippen MR) is 183 cm³/mol. The van der Waals surface area contributed by atoms with Crippen molar-refractivity contribution in [1.29, 1.82) is 0 Å². The van der Waals surface area contributed by atoms with Crippen molar-refractivity contribution in [2.45, 2.75) is 125 Å². The van der Waals surface area contributed by atoms with Crippen molar-refractivity contribution >= 4 is 12.0 Å². The second-order valence-corrected chi connectivity index (χ2v) is 17.5. The van der Waals surface area contributed by atoms with Gasteiger partial charge >= 0.3 is 5.97 Å². The Bertz CT molecular complexity index is 1360. The van der Waals surface area contributed by atoms with Gasteiger partial charge in [0.25, 0.3) is 0 Å². The van der Waals surface area contributed by atoms with Crippen LogP contribution in [0.3, 0.4) is 0 Å². The Balaban J connectivity index is 1.15. The fraction of sp³-hybridized carbons (Fsp3) is 0.732. The molecule has 5 aliphatic carbocycles. The molecule has 45 heavy (non-hydrogen) atoms. The van der Waals surface area contributed by atoms with E-state index in [0.29, 0.717) is 39.2 Å². The maximum Gasteiger partial charge on any atom is 0.331 e. The number of phenols is 1. The first-order chi connectivity index (χ1) is 21.1. The number of fused-ring (bicyclic) bond motifs is 2. The molecule has 2 spiro atoms. The smallest absolute Gasteiger partial charge is 0.331 e. The van der Waals surface area contributed by atoms with Gasteiger partial charge in [0.2, 0.25) is 0 Å². The number of ether oxygens (including phenoxy) is 2. The summed E-state index contributed by atoms with van der Waals surface area (Å²) < 4.78 is 11.5. The van der Waals surface area contributed by atoms with Crippen LogP contribution in [0.25, 0.3) is 6.08 Å². The molecular weight excluding hydrogens is 556 g/mol. The summed E-state index contributed by atoms with van der Waals surface area (Å²) in [4.78, 5) is 13.1.